The number of esters is 3. The summed E-state index contributed by atoms with van der Waals surface area (Å²) in [7, 11) is 0. The van der Waals surface area contributed by atoms with Crippen molar-refractivity contribution in [3.05, 3.63) is 47.0 Å². The molecule has 1 aliphatic heterocycles. The summed E-state index contributed by atoms with van der Waals surface area (Å²) in [6, 6.07) is 7.88. The van der Waals surface area contributed by atoms with Crippen LogP contribution >= 0.6 is 0 Å². The highest BCUT2D eigenvalue weighted by Crippen LogP contribution is 2.69. The van der Waals surface area contributed by atoms with Gasteiger partial charge in [-0.05, 0) is 30.2 Å². The molecule has 44 heavy (non-hydrogen) atoms. The van der Waals surface area contributed by atoms with E-state index in [9.17, 15) is 34.8 Å². The van der Waals surface area contributed by atoms with Gasteiger partial charge in [0.2, 0.25) is 0 Å². The monoisotopic (exact) mass is 616 g/mol. The number of rotatable bonds is 5. The highest BCUT2D eigenvalue weighted by atomic mass is 16.6. The number of carbonyl (C=O) groups excluding carboxylic acids is 4. The maximum absolute atomic E-state index is 15.1. The molecule has 1 aromatic carbocycles. The van der Waals surface area contributed by atoms with Crippen molar-refractivity contribution in [1.29, 1.82) is 0 Å². The molecule has 1 saturated heterocycles. The number of aliphatic hydroxyl groups is 4. The van der Waals surface area contributed by atoms with Gasteiger partial charge in [-0.25, -0.2) is 4.79 Å². The van der Waals surface area contributed by atoms with Gasteiger partial charge in [-0.1, -0.05) is 39.0 Å². The first-order valence-corrected chi connectivity index (χ1v) is 14.7. The normalized spacial score (nSPS) is 40.8. The van der Waals surface area contributed by atoms with Crippen molar-refractivity contribution in [2.75, 3.05) is 13.2 Å². The minimum absolute atomic E-state index is 0.0512. The van der Waals surface area contributed by atoms with Crippen LogP contribution in [0, 0.1) is 16.2 Å². The van der Waals surface area contributed by atoms with Crippen LogP contribution in [0.4, 0.5) is 0 Å². The van der Waals surface area contributed by atoms with E-state index < -0.39 is 94.7 Å². The maximum atomic E-state index is 15.1. The summed E-state index contributed by atoms with van der Waals surface area (Å²) in [5.74, 6) is -3.51. The summed E-state index contributed by atoms with van der Waals surface area (Å²) >= 11 is 0. The molecular formula is C32H40O12. The highest BCUT2D eigenvalue weighted by molar-refractivity contribution is 5.96. The number of benzene rings is 1. The number of aliphatic hydroxyl groups excluding tert-OH is 3. The van der Waals surface area contributed by atoms with Gasteiger partial charge in [0.1, 0.15) is 17.8 Å². The predicted octanol–water partition coefficient (Wildman–Crippen LogP) is 1.02. The average molecular weight is 617 g/mol. The van der Waals surface area contributed by atoms with Crippen LogP contribution in [0.5, 0.6) is 0 Å². The third-order valence-electron chi connectivity index (χ3n) is 11.0. The van der Waals surface area contributed by atoms with Gasteiger partial charge in [0.25, 0.3) is 0 Å². The Kier molecular flexibility index (Phi) is 7.66. The van der Waals surface area contributed by atoms with Crippen molar-refractivity contribution in [2.45, 2.75) is 96.1 Å². The van der Waals surface area contributed by atoms with E-state index in [2.05, 4.69) is 0 Å². The molecule has 1 heterocycles. The molecule has 4 aliphatic rings. The lowest BCUT2D eigenvalue weighted by Crippen LogP contribution is -2.87. The highest BCUT2D eigenvalue weighted by Gasteiger charge is 2.85. The molecule has 0 amide bonds. The van der Waals surface area contributed by atoms with Crippen LogP contribution in [0.15, 0.2) is 41.5 Å². The van der Waals surface area contributed by atoms with E-state index in [4.69, 9.17) is 18.9 Å². The summed E-state index contributed by atoms with van der Waals surface area (Å²) in [4.78, 5) is 54.2. The lowest BCUT2D eigenvalue weighted by atomic mass is 9.38. The lowest BCUT2D eigenvalue weighted by molar-refractivity contribution is -0.385. The number of hydrogen-bond donors (Lipinski definition) is 4. The summed E-state index contributed by atoms with van der Waals surface area (Å²) in [6.45, 7) is 6.93. The zero-order chi connectivity index (χ0) is 32.6. The van der Waals surface area contributed by atoms with Crippen LogP contribution in [0.3, 0.4) is 0 Å². The van der Waals surface area contributed by atoms with Crippen LogP contribution in [0.2, 0.25) is 0 Å². The Bertz CT molecular complexity index is 1420. The lowest BCUT2D eigenvalue weighted by Gasteiger charge is -2.72. The standard InChI is InChI=1S/C32H40O12/c1-16-20(36)13-31(40)27(43-26(39)19-10-8-7-9-11-19)29(6)30(14-33,21(37)12-22-32(29,15-41-22)44-18(3)35)25(38)24(42-17(2)34)23(16)28(31,4)5/h7-11,20-22,24,27,33,36-37,40H,12-15H2,1-6H3/t20-,21+,22+,24+,27-,29-,30-,31+,32-/m0/s1. The van der Waals surface area contributed by atoms with E-state index in [1.807, 2.05) is 0 Å². The SMILES string of the molecule is CC(=O)O[C@H]1C(=O)[C@]2(CO)[C@H](O)C[C@H]3OC[C@@]3(OC(C)=O)[C@@]2(C)[C@H](OC(=O)c2ccccc2)[C@]2(O)C[C@H](O)C(C)=C1C2(C)C. The molecule has 0 radical (unpaired) electrons. The Hall–Kier alpha value is -3.16. The molecule has 2 saturated carbocycles. The van der Waals surface area contributed by atoms with Crippen molar-refractivity contribution in [1.82, 2.24) is 0 Å². The van der Waals surface area contributed by atoms with E-state index in [-0.39, 0.29) is 29.7 Å². The molecule has 1 aromatic rings. The third-order valence-corrected chi connectivity index (χ3v) is 11.0. The third kappa shape index (κ3) is 3.94. The van der Waals surface area contributed by atoms with Crippen molar-refractivity contribution in [2.24, 2.45) is 16.2 Å². The minimum Gasteiger partial charge on any atom is -0.455 e. The number of carbonyl (C=O) groups is 4. The number of Topliss-reactive ketones (excluding diaryl/α,β-unsaturated/α-hetero) is 1. The second kappa shape index (κ2) is 10.4. The molecule has 12 nitrogen and oxygen atoms in total. The van der Waals surface area contributed by atoms with Crippen LogP contribution in [-0.4, -0.2) is 99.1 Å². The molecular weight excluding hydrogens is 576 g/mol. The fourth-order valence-electron chi connectivity index (χ4n) is 8.57. The van der Waals surface area contributed by atoms with Crippen LogP contribution in [0.25, 0.3) is 0 Å². The molecule has 2 bridgehead atoms. The van der Waals surface area contributed by atoms with Crippen molar-refractivity contribution < 1.29 is 58.6 Å². The fourth-order valence-corrected chi connectivity index (χ4v) is 8.57. The first-order chi connectivity index (χ1) is 20.5. The van der Waals surface area contributed by atoms with Crippen LogP contribution in [0.1, 0.15) is 64.7 Å². The molecule has 5 rings (SSSR count). The number of ether oxygens (including phenoxy) is 4. The number of fused-ring (bicyclic) bond motifs is 5. The van der Waals surface area contributed by atoms with E-state index in [1.54, 1.807) is 32.0 Å². The van der Waals surface area contributed by atoms with Gasteiger partial charge in [0.05, 0.1) is 41.8 Å². The second-order valence-corrected chi connectivity index (χ2v) is 13.2. The van der Waals surface area contributed by atoms with Gasteiger partial charge in [0.15, 0.2) is 17.5 Å². The first-order valence-electron chi connectivity index (χ1n) is 14.7. The Balaban J connectivity index is 1.92. The topological polar surface area (TPSA) is 186 Å². The molecule has 240 valence electrons. The quantitative estimate of drug-likeness (QED) is 0.209. The average Bonchev–Trinajstić information content (AvgIpc) is 2.94. The molecule has 12 heteroatoms. The van der Waals surface area contributed by atoms with Crippen molar-refractivity contribution in [3.8, 4) is 0 Å². The second-order valence-electron chi connectivity index (χ2n) is 13.2. The predicted molar refractivity (Wildman–Crippen MR) is 151 cm³/mol. The van der Waals surface area contributed by atoms with Gasteiger partial charge in [-0.2, -0.15) is 0 Å². The molecule has 9 atom stereocenters. The number of hydrogen-bond acceptors (Lipinski definition) is 12. The maximum Gasteiger partial charge on any atom is 0.338 e. The molecule has 3 aliphatic carbocycles. The Labute approximate surface area is 254 Å². The zero-order valence-corrected chi connectivity index (χ0v) is 25.7. The molecule has 0 unspecified atom stereocenters. The molecule has 0 spiro atoms. The summed E-state index contributed by atoms with van der Waals surface area (Å²) < 4.78 is 23.6. The van der Waals surface area contributed by atoms with Gasteiger partial charge in [-0.3, -0.25) is 14.4 Å². The van der Waals surface area contributed by atoms with E-state index >= 15 is 4.79 Å². The Morgan fingerprint density at radius 2 is 1.66 bits per heavy atom. The van der Waals surface area contributed by atoms with Gasteiger partial charge >= 0.3 is 17.9 Å². The Morgan fingerprint density at radius 1 is 1.02 bits per heavy atom. The molecule has 0 aromatic heterocycles. The smallest absolute Gasteiger partial charge is 0.338 e. The van der Waals surface area contributed by atoms with E-state index in [0.717, 1.165) is 13.8 Å². The summed E-state index contributed by atoms with van der Waals surface area (Å²) in [6.07, 6.45) is -8.40. The summed E-state index contributed by atoms with van der Waals surface area (Å²) in [5, 5.41) is 47.6. The number of ketones is 1. The van der Waals surface area contributed by atoms with Gasteiger partial charge in [0, 0.05) is 32.1 Å². The van der Waals surface area contributed by atoms with E-state index in [0.29, 0.717) is 0 Å². The van der Waals surface area contributed by atoms with E-state index in [1.165, 1.54) is 26.0 Å². The Morgan fingerprint density at radius 3 is 2.18 bits per heavy atom. The fraction of sp³-hybridized carbons (Fsp3) is 0.625. The van der Waals surface area contributed by atoms with Crippen LogP contribution in [-0.2, 0) is 33.3 Å². The van der Waals surface area contributed by atoms with Crippen molar-refractivity contribution in [3.63, 3.8) is 0 Å². The van der Waals surface area contributed by atoms with Crippen molar-refractivity contribution >= 4 is 23.7 Å². The zero-order valence-electron chi connectivity index (χ0n) is 25.7. The summed E-state index contributed by atoms with van der Waals surface area (Å²) in [5.41, 5.74) is -9.69. The minimum atomic E-state index is -2.34. The van der Waals surface area contributed by atoms with Crippen LogP contribution < -0.4 is 0 Å². The molecule has 4 N–H and O–H groups in total. The van der Waals surface area contributed by atoms with Gasteiger partial charge < -0.3 is 39.4 Å². The largest absolute Gasteiger partial charge is 0.455 e. The van der Waals surface area contributed by atoms with Gasteiger partial charge in [-0.15, -0.1) is 0 Å². The molecule has 3 fully saturated rings. The first kappa shape index (κ1) is 32.2.